The summed E-state index contributed by atoms with van der Waals surface area (Å²) in [7, 11) is 0. The molecule has 4 fully saturated rings. The first-order valence-corrected chi connectivity index (χ1v) is 11.8. The molecule has 162 valence electrons. The zero-order valence-corrected chi connectivity index (χ0v) is 18.1. The Labute approximate surface area is 173 Å². The van der Waals surface area contributed by atoms with Crippen molar-refractivity contribution in [2.45, 2.75) is 90.3 Å². The lowest BCUT2D eigenvalue weighted by molar-refractivity contribution is -0.200. The number of aliphatic hydroxyl groups excluding tert-OH is 2. The first kappa shape index (κ1) is 19.9. The number of aliphatic hydroxyl groups is 2. The van der Waals surface area contributed by atoms with Gasteiger partial charge >= 0.3 is 0 Å². The predicted octanol–water partition coefficient (Wildman–Crippen LogP) is 4.06. The third-order valence-corrected chi connectivity index (χ3v) is 10.3. The first-order chi connectivity index (χ1) is 13.8. The fraction of sp³-hybridized carbons (Fsp3) is 0.875. The van der Waals surface area contributed by atoms with Gasteiger partial charge in [0, 0.05) is 12.0 Å². The summed E-state index contributed by atoms with van der Waals surface area (Å²) in [5.74, 6) is 3.11. The molecule has 0 bridgehead atoms. The average molecular weight is 404 g/mol. The van der Waals surface area contributed by atoms with Crippen molar-refractivity contribution in [3.05, 3.63) is 22.2 Å². The molecule has 0 radical (unpaired) electrons. The van der Waals surface area contributed by atoms with Crippen molar-refractivity contribution in [1.82, 2.24) is 5.16 Å². The molecule has 0 amide bonds. The molecule has 3 N–H and O–H groups in total. The summed E-state index contributed by atoms with van der Waals surface area (Å²) in [5, 5.41) is 24.5. The summed E-state index contributed by atoms with van der Waals surface area (Å²) in [6.45, 7) is 7.06. The summed E-state index contributed by atoms with van der Waals surface area (Å²) in [6.07, 6.45) is 7.76. The van der Waals surface area contributed by atoms with Gasteiger partial charge in [0.05, 0.1) is 12.2 Å². The van der Waals surface area contributed by atoms with E-state index in [0.717, 1.165) is 57.1 Å². The molecule has 4 saturated carbocycles. The highest BCUT2D eigenvalue weighted by Crippen LogP contribution is 2.70. The lowest BCUT2D eigenvalue weighted by Gasteiger charge is -2.64. The fourth-order valence-electron chi connectivity index (χ4n) is 8.89. The molecule has 1 aromatic heterocycles. The minimum Gasteiger partial charge on any atom is -0.393 e. The second kappa shape index (κ2) is 6.71. The molecular weight excluding hydrogens is 366 g/mol. The average Bonchev–Trinajstić information content (AvgIpc) is 3.26. The third kappa shape index (κ3) is 2.69. The highest BCUT2D eigenvalue weighted by atomic mass is 16.5. The normalized spacial score (nSPS) is 51.9. The molecule has 5 nitrogen and oxygen atoms in total. The van der Waals surface area contributed by atoms with Crippen LogP contribution in [0.1, 0.15) is 83.8 Å². The third-order valence-electron chi connectivity index (χ3n) is 10.3. The van der Waals surface area contributed by atoms with Crippen LogP contribution in [0, 0.1) is 40.4 Å². The first-order valence-electron chi connectivity index (χ1n) is 11.8. The van der Waals surface area contributed by atoms with Gasteiger partial charge in [-0.3, -0.25) is 4.79 Å². The van der Waals surface area contributed by atoms with E-state index in [2.05, 4.69) is 25.9 Å². The van der Waals surface area contributed by atoms with Gasteiger partial charge in [-0.05, 0) is 85.4 Å². The topological polar surface area (TPSA) is 86.5 Å². The van der Waals surface area contributed by atoms with E-state index in [1.54, 1.807) is 6.07 Å². The Kier molecular flexibility index (Phi) is 4.60. The van der Waals surface area contributed by atoms with Gasteiger partial charge in [0.15, 0.2) is 0 Å². The molecule has 0 spiro atoms. The van der Waals surface area contributed by atoms with E-state index in [-0.39, 0.29) is 40.4 Å². The Morgan fingerprint density at radius 1 is 1.07 bits per heavy atom. The van der Waals surface area contributed by atoms with E-state index in [9.17, 15) is 15.0 Å². The Morgan fingerprint density at radius 2 is 1.79 bits per heavy atom. The number of rotatable bonds is 2. The number of fused-ring (bicyclic) bond motifs is 5. The Bertz CT molecular complexity index is 816. The second-order valence-corrected chi connectivity index (χ2v) is 11.2. The molecule has 4 aliphatic carbocycles. The summed E-state index contributed by atoms with van der Waals surface area (Å²) in [5.41, 5.74) is 0.153. The van der Waals surface area contributed by atoms with E-state index in [0.29, 0.717) is 23.7 Å². The lowest BCUT2D eigenvalue weighted by atomic mass is 9.41. The van der Waals surface area contributed by atoms with E-state index >= 15 is 0 Å². The van der Waals surface area contributed by atoms with Gasteiger partial charge in [-0.2, -0.15) is 5.16 Å². The summed E-state index contributed by atoms with van der Waals surface area (Å²) >= 11 is 0. The monoisotopic (exact) mass is 403 g/mol. The van der Waals surface area contributed by atoms with Crippen LogP contribution in [0.2, 0.25) is 0 Å². The highest BCUT2D eigenvalue weighted by Gasteiger charge is 2.65. The van der Waals surface area contributed by atoms with Crippen molar-refractivity contribution >= 4 is 0 Å². The van der Waals surface area contributed by atoms with Gasteiger partial charge < -0.3 is 14.7 Å². The Morgan fingerprint density at radius 3 is 2.48 bits per heavy atom. The molecule has 0 saturated heterocycles. The van der Waals surface area contributed by atoms with E-state index in [4.69, 9.17) is 4.52 Å². The number of aromatic amines is 1. The maximum atomic E-state index is 11.7. The Balaban J connectivity index is 1.52. The fourth-order valence-corrected chi connectivity index (χ4v) is 8.89. The molecule has 4 aliphatic rings. The molecule has 5 rings (SSSR count). The van der Waals surface area contributed by atoms with Gasteiger partial charge in [0.1, 0.15) is 5.76 Å². The maximum absolute atomic E-state index is 11.7. The van der Waals surface area contributed by atoms with E-state index < -0.39 is 0 Å². The van der Waals surface area contributed by atoms with Crippen LogP contribution in [0.5, 0.6) is 0 Å². The van der Waals surface area contributed by atoms with Crippen LogP contribution < -0.4 is 5.56 Å². The van der Waals surface area contributed by atoms with Crippen molar-refractivity contribution in [2.24, 2.45) is 40.4 Å². The molecule has 5 heteroatoms. The maximum Gasteiger partial charge on any atom is 0.280 e. The summed E-state index contributed by atoms with van der Waals surface area (Å²) in [4.78, 5) is 11.7. The molecule has 29 heavy (non-hydrogen) atoms. The number of nitrogens with one attached hydrogen (secondary N) is 1. The van der Waals surface area contributed by atoms with E-state index in [1.807, 2.05) is 0 Å². The molecular formula is C24H37NO4. The van der Waals surface area contributed by atoms with Crippen LogP contribution in [0.15, 0.2) is 15.4 Å². The minimum atomic E-state index is -0.282. The highest BCUT2D eigenvalue weighted by molar-refractivity contribution is 5.19. The van der Waals surface area contributed by atoms with Gasteiger partial charge in [-0.15, -0.1) is 0 Å². The second-order valence-electron chi connectivity index (χ2n) is 11.2. The van der Waals surface area contributed by atoms with Crippen LogP contribution in [-0.4, -0.2) is 27.6 Å². The number of hydrogen-bond donors (Lipinski definition) is 3. The molecule has 1 aromatic rings. The van der Waals surface area contributed by atoms with Gasteiger partial charge in [-0.1, -0.05) is 27.2 Å². The quantitative estimate of drug-likeness (QED) is 0.695. The summed E-state index contributed by atoms with van der Waals surface area (Å²) in [6, 6.07) is 1.64. The predicted molar refractivity (Wildman–Crippen MR) is 110 cm³/mol. The number of H-pyrrole nitrogens is 1. The standard InChI is InChI=1S/C24H37NO4/c1-4-14-18-11-13(26)7-9-24(18,3)17-8-10-23(2)15(19-12-20(27)25-29-19)5-6-16(23)21(17)22(14)28/h12-18,21-22,26,28H,4-11H2,1-3H3,(H,25,27)/t13-,14-,15?,16?,17?,18?,21?,22-,23?,24?/m1/s1. The Hall–Kier alpha value is -1.07. The molecule has 7 unspecified atom stereocenters. The molecule has 0 aliphatic heterocycles. The molecule has 0 aromatic carbocycles. The van der Waals surface area contributed by atoms with Crippen LogP contribution >= 0.6 is 0 Å². The number of hydrogen-bond acceptors (Lipinski definition) is 4. The molecule has 10 atom stereocenters. The van der Waals surface area contributed by atoms with Crippen molar-refractivity contribution in [3.8, 4) is 0 Å². The van der Waals surface area contributed by atoms with Crippen molar-refractivity contribution in [1.29, 1.82) is 0 Å². The zero-order valence-electron chi connectivity index (χ0n) is 18.1. The van der Waals surface area contributed by atoms with Gasteiger partial charge in [0.2, 0.25) is 0 Å². The van der Waals surface area contributed by atoms with Gasteiger partial charge in [-0.25, -0.2) is 0 Å². The largest absolute Gasteiger partial charge is 0.393 e. The van der Waals surface area contributed by atoms with Crippen LogP contribution in [0.3, 0.4) is 0 Å². The number of aromatic nitrogens is 1. The smallest absolute Gasteiger partial charge is 0.280 e. The van der Waals surface area contributed by atoms with Crippen molar-refractivity contribution in [3.63, 3.8) is 0 Å². The van der Waals surface area contributed by atoms with E-state index in [1.165, 1.54) is 0 Å². The SMILES string of the molecule is CC[C@@H]1C2C[C@H](O)CCC2(C)C2CCC3(C)C(c4cc(=O)[nH]o4)CCC3C2[C@@H]1O. The minimum absolute atomic E-state index is 0.0793. The van der Waals surface area contributed by atoms with Gasteiger partial charge in [0.25, 0.3) is 5.56 Å². The molecule has 1 heterocycles. The van der Waals surface area contributed by atoms with Crippen molar-refractivity contribution < 1.29 is 14.7 Å². The van der Waals surface area contributed by atoms with Crippen LogP contribution in [0.25, 0.3) is 0 Å². The lowest BCUT2D eigenvalue weighted by Crippen LogP contribution is -2.62. The van der Waals surface area contributed by atoms with Crippen LogP contribution in [0.4, 0.5) is 0 Å². The van der Waals surface area contributed by atoms with Crippen LogP contribution in [-0.2, 0) is 0 Å². The zero-order chi connectivity index (χ0) is 20.6. The summed E-state index contributed by atoms with van der Waals surface area (Å²) < 4.78 is 5.56. The van der Waals surface area contributed by atoms with Crippen molar-refractivity contribution in [2.75, 3.05) is 0 Å².